The van der Waals surface area contributed by atoms with Gasteiger partial charge in [-0.1, -0.05) is 36.4 Å². The SMILES string of the molecule is CC(=O)OCCC[C@H](COC(=O)Nc1cc2ccccc2cn1)N(C)C(=O)CCc1cccc(F)c1F. The number of pyridine rings is 1. The Morgan fingerprint density at radius 3 is 2.57 bits per heavy atom. The highest BCUT2D eigenvalue weighted by molar-refractivity contribution is 5.89. The molecule has 3 rings (SSSR count). The van der Waals surface area contributed by atoms with Crippen LogP contribution in [-0.4, -0.2) is 54.2 Å². The number of esters is 1. The van der Waals surface area contributed by atoms with Gasteiger partial charge in [-0.3, -0.25) is 14.9 Å². The van der Waals surface area contributed by atoms with E-state index in [2.05, 4.69) is 10.3 Å². The molecule has 0 saturated heterocycles. The lowest BCUT2D eigenvalue weighted by atomic mass is 10.1. The molecule has 0 radical (unpaired) electrons. The van der Waals surface area contributed by atoms with E-state index in [1.54, 1.807) is 19.3 Å². The van der Waals surface area contributed by atoms with Gasteiger partial charge in [0.25, 0.3) is 0 Å². The number of rotatable bonds is 11. The molecule has 0 saturated carbocycles. The van der Waals surface area contributed by atoms with Gasteiger partial charge in [-0.2, -0.15) is 0 Å². The molecule has 0 aliphatic heterocycles. The fourth-order valence-electron chi connectivity index (χ4n) is 3.75. The maximum absolute atomic E-state index is 13.9. The second-order valence-corrected chi connectivity index (χ2v) is 8.49. The van der Waals surface area contributed by atoms with Crippen molar-refractivity contribution >= 4 is 34.6 Å². The molecule has 2 aromatic carbocycles. The van der Waals surface area contributed by atoms with Gasteiger partial charge in [-0.05, 0) is 42.3 Å². The fourth-order valence-corrected chi connectivity index (χ4v) is 3.75. The van der Waals surface area contributed by atoms with Crippen molar-refractivity contribution in [3.05, 3.63) is 71.9 Å². The van der Waals surface area contributed by atoms with Crippen molar-refractivity contribution in [3.8, 4) is 0 Å². The van der Waals surface area contributed by atoms with E-state index in [-0.39, 0.29) is 37.5 Å². The van der Waals surface area contributed by atoms with E-state index in [0.717, 1.165) is 16.8 Å². The Kier molecular flexibility index (Phi) is 9.88. The van der Waals surface area contributed by atoms with Crippen LogP contribution in [0.25, 0.3) is 10.8 Å². The summed E-state index contributed by atoms with van der Waals surface area (Å²) in [4.78, 5) is 41.9. The molecule has 1 N–H and O–H groups in total. The van der Waals surface area contributed by atoms with Crippen LogP contribution in [0.4, 0.5) is 19.4 Å². The Morgan fingerprint density at radius 1 is 1.05 bits per heavy atom. The molecule has 3 aromatic rings. The first-order valence-electron chi connectivity index (χ1n) is 11.8. The van der Waals surface area contributed by atoms with Crippen molar-refractivity contribution in [2.24, 2.45) is 0 Å². The highest BCUT2D eigenvalue weighted by atomic mass is 19.2. The zero-order valence-electron chi connectivity index (χ0n) is 20.7. The fraction of sp³-hybridized carbons (Fsp3) is 0.333. The maximum atomic E-state index is 13.9. The molecule has 0 aliphatic rings. The molecule has 37 heavy (non-hydrogen) atoms. The van der Waals surface area contributed by atoms with Crippen molar-refractivity contribution in [2.45, 2.75) is 38.6 Å². The van der Waals surface area contributed by atoms with E-state index in [4.69, 9.17) is 9.47 Å². The van der Waals surface area contributed by atoms with Crippen LogP contribution in [0.15, 0.2) is 54.7 Å². The van der Waals surface area contributed by atoms with Crippen LogP contribution in [0.1, 0.15) is 31.7 Å². The van der Waals surface area contributed by atoms with Gasteiger partial charge in [0.05, 0.1) is 12.6 Å². The third kappa shape index (κ3) is 8.23. The summed E-state index contributed by atoms with van der Waals surface area (Å²) in [5.41, 5.74) is 0.103. The van der Waals surface area contributed by atoms with E-state index in [9.17, 15) is 23.2 Å². The molecule has 196 valence electrons. The van der Waals surface area contributed by atoms with E-state index in [1.165, 1.54) is 24.0 Å². The van der Waals surface area contributed by atoms with Crippen LogP contribution in [0.5, 0.6) is 0 Å². The number of aryl methyl sites for hydroxylation is 1. The molecule has 1 atom stereocenters. The van der Waals surface area contributed by atoms with Crippen molar-refractivity contribution in [3.63, 3.8) is 0 Å². The summed E-state index contributed by atoms with van der Waals surface area (Å²) in [5, 5.41) is 4.40. The smallest absolute Gasteiger partial charge is 0.412 e. The van der Waals surface area contributed by atoms with Gasteiger partial charge in [-0.15, -0.1) is 0 Å². The monoisotopic (exact) mass is 513 g/mol. The third-order valence-electron chi connectivity index (χ3n) is 5.84. The van der Waals surface area contributed by atoms with Crippen LogP contribution in [0.2, 0.25) is 0 Å². The lowest BCUT2D eigenvalue weighted by Crippen LogP contribution is -2.41. The topological polar surface area (TPSA) is 97.8 Å². The number of amides is 2. The first kappa shape index (κ1) is 27.5. The Bertz CT molecular complexity index is 1250. The largest absolute Gasteiger partial charge is 0.466 e. The van der Waals surface area contributed by atoms with E-state index in [0.29, 0.717) is 18.7 Å². The molecule has 8 nitrogen and oxygen atoms in total. The lowest BCUT2D eigenvalue weighted by molar-refractivity contribution is -0.141. The number of carbonyl (C=O) groups excluding carboxylic acids is 3. The average molecular weight is 514 g/mol. The average Bonchev–Trinajstić information content (AvgIpc) is 2.88. The number of nitrogens with one attached hydrogen (secondary N) is 1. The van der Waals surface area contributed by atoms with E-state index >= 15 is 0 Å². The predicted molar refractivity (Wildman–Crippen MR) is 134 cm³/mol. The van der Waals surface area contributed by atoms with Gasteiger partial charge < -0.3 is 14.4 Å². The zero-order chi connectivity index (χ0) is 26.8. The van der Waals surface area contributed by atoms with Crippen LogP contribution in [-0.2, 0) is 25.5 Å². The summed E-state index contributed by atoms with van der Waals surface area (Å²) in [6.07, 6.45) is 1.65. The number of fused-ring (bicyclic) bond motifs is 1. The molecule has 10 heteroatoms. The predicted octanol–water partition coefficient (Wildman–Crippen LogP) is 4.86. The molecule has 0 fully saturated rings. The quantitative estimate of drug-likeness (QED) is 0.290. The number of halogens is 2. The number of hydrogen-bond acceptors (Lipinski definition) is 6. The van der Waals surface area contributed by atoms with Crippen molar-refractivity contribution in [2.75, 3.05) is 25.6 Å². The Balaban J connectivity index is 1.59. The molecule has 1 heterocycles. The van der Waals surface area contributed by atoms with Crippen LogP contribution in [0.3, 0.4) is 0 Å². The van der Waals surface area contributed by atoms with Gasteiger partial charge in [-0.25, -0.2) is 18.6 Å². The number of likely N-dealkylation sites (N-methyl/N-ethyl adjacent to an activating group) is 1. The number of carbonyl (C=O) groups is 3. The molecular formula is C27H29F2N3O5. The van der Waals surface area contributed by atoms with Gasteiger partial charge in [0.2, 0.25) is 5.91 Å². The first-order valence-corrected chi connectivity index (χ1v) is 11.8. The van der Waals surface area contributed by atoms with Crippen molar-refractivity contribution in [1.82, 2.24) is 9.88 Å². The number of aromatic nitrogens is 1. The van der Waals surface area contributed by atoms with E-state index < -0.39 is 29.7 Å². The van der Waals surface area contributed by atoms with Crippen molar-refractivity contribution < 1.29 is 32.6 Å². The number of nitrogens with zero attached hydrogens (tertiary/aromatic N) is 2. The summed E-state index contributed by atoms with van der Waals surface area (Å²) in [6, 6.07) is 12.6. The molecule has 0 unspecified atom stereocenters. The molecule has 0 bridgehead atoms. The summed E-state index contributed by atoms with van der Waals surface area (Å²) in [7, 11) is 1.55. The molecular weight excluding hydrogens is 484 g/mol. The van der Waals surface area contributed by atoms with Crippen LogP contribution >= 0.6 is 0 Å². The zero-order valence-corrected chi connectivity index (χ0v) is 20.7. The second kappa shape index (κ2) is 13.3. The number of anilines is 1. The Hall–Kier alpha value is -4.08. The molecule has 2 amide bonds. The molecule has 0 aliphatic carbocycles. The van der Waals surface area contributed by atoms with E-state index in [1.807, 2.05) is 24.3 Å². The summed E-state index contributed by atoms with van der Waals surface area (Å²) >= 11 is 0. The highest BCUT2D eigenvalue weighted by Gasteiger charge is 2.22. The minimum absolute atomic E-state index is 0.0158. The number of ether oxygens (including phenoxy) is 2. The number of hydrogen-bond donors (Lipinski definition) is 1. The number of benzene rings is 2. The van der Waals surface area contributed by atoms with Crippen LogP contribution < -0.4 is 5.32 Å². The van der Waals surface area contributed by atoms with Crippen LogP contribution in [0, 0.1) is 11.6 Å². The second-order valence-electron chi connectivity index (χ2n) is 8.49. The lowest BCUT2D eigenvalue weighted by Gasteiger charge is -2.28. The minimum atomic E-state index is -0.974. The summed E-state index contributed by atoms with van der Waals surface area (Å²) in [6.45, 7) is 1.32. The van der Waals surface area contributed by atoms with Gasteiger partial charge in [0.1, 0.15) is 12.4 Å². The highest BCUT2D eigenvalue weighted by Crippen LogP contribution is 2.17. The standard InChI is InChI=1S/C27H29F2N3O5/c1-18(33)36-14-6-10-22(32(2)25(34)13-12-19-9-5-11-23(28)26(19)29)17-37-27(35)31-24-15-20-7-3-4-8-21(20)16-30-24/h3-5,7-9,11,15-16,22H,6,10,12-14,17H2,1-2H3,(H,30,31,35)/t22-/m1/s1. The van der Waals surface area contributed by atoms with Gasteiger partial charge in [0.15, 0.2) is 11.6 Å². The maximum Gasteiger partial charge on any atom is 0.412 e. The Labute approximate surface area is 213 Å². The molecule has 0 spiro atoms. The summed E-state index contributed by atoms with van der Waals surface area (Å²) in [5.74, 6) is -2.38. The van der Waals surface area contributed by atoms with Gasteiger partial charge >= 0.3 is 12.1 Å². The molecule has 1 aromatic heterocycles. The Morgan fingerprint density at radius 2 is 1.81 bits per heavy atom. The summed E-state index contributed by atoms with van der Waals surface area (Å²) < 4.78 is 37.7. The third-order valence-corrected chi connectivity index (χ3v) is 5.84. The minimum Gasteiger partial charge on any atom is -0.466 e. The van der Waals surface area contributed by atoms with Crippen molar-refractivity contribution in [1.29, 1.82) is 0 Å². The first-order chi connectivity index (χ1) is 17.7. The normalized spacial score (nSPS) is 11.6. The van der Waals surface area contributed by atoms with Gasteiger partial charge in [0, 0.05) is 32.0 Å².